The van der Waals surface area contributed by atoms with Gasteiger partial charge in [-0.2, -0.15) is 0 Å². The lowest BCUT2D eigenvalue weighted by atomic mass is 10.1. The van der Waals surface area contributed by atoms with E-state index in [1.54, 1.807) is 19.1 Å². The molecule has 4 rings (SSSR count). The molecule has 180 valence electrons. The SMILES string of the molecule is CCCCCOc1ccc(N2C(=O)C[C@@H](N3CCN(c4ccc(C(C)=O)cc4)CC3)C2=O)cc1. The molecule has 7 nitrogen and oxygen atoms in total. The van der Waals surface area contributed by atoms with Gasteiger partial charge < -0.3 is 9.64 Å². The van der Waals surface area contributed by atoms with Gasteiger partial charge in [-0.15, -0.1) is 0 Å². The molecule has 2 aromatic rings. The molecule has 0 aromatic heterocycles. The topological polar surface area (TPSA) is 70.2 Å². The minimum Gasteiger partial charge on any atom is -0.494 e. The number of benzene rings is 2. The Morgan fingerprint density at radius 3 is 2.18 bits per heavy atom. The molecule has 7 heteroatoms. The maximum atomic E-state index is 13.2. The maximum Gasteiger partial charge on any atom is 0.251 e. The number of rotatable bonds is 9. The van der Waals surface area contributed by atoms with Crippen LogP contribution in [0.5, 0.6) is 5.75 Å². The summed E-state index contributed by atoms with van der Waals surface area (Å²) in [5.74, 6) is 0.497. The summed E-state index contributed by atoms with van der Waals surface area (Å²) < 4.78 is 5.74. The van der Waals surface area contributed by atoms with E-state index >= 15 is 0 Å². The molecule has 2 heterocycles. The third-order valence-electron chi connectivity index (χ3n) is 6.63. The van der Waals surface area contributed by atoms with Gasteiger partial charge in [0.25, 0.3) is 5.91 Å². The average molecular weight is 464 g/mol. The van der Waals surface area contributed by atoms with Gasteiger partial charge in [-0.3, -0.25) is 19.3 Å². The van der Waals surface area contributed by atoms with E-state index in [-0.39, 0.29) is 24.0 Å². The Balaban J connectivity index is 1.33. The first-order chi connectivity index (χ1) is 16.5. The summed E-state index contributed by atoms with van der Waals surface area (Å²) in [5, 5.41) is 0. The summed E-state index contributed by atoms with van der Waals surface area (Å²) in [6, 6.07) is 14.4. The van der Waals surface area contributed by atoms with Crippen LogP contribution in [-0.2, 0) is 9.59 Å². The minimum absolute atomic E-state index is 0.0551. The van der Waals surface area contributed by atoms with Crippen LogP contribution in [0.1, 0.15) is 49.9 Å². The third kappa shape index (κ3) is 5.30. The number of ketones is 1. The Bertz CT molecular complexity index is 1010. The highest BCUT2D eigenvalue weighted by Crippen LogP contribution is 2.28. The van der Waals surface area contributed by atoms with Crippen LogP contribution in [0.15, 0.2) is 48.5 Å². The van der Waals surface area contributed by atoms with Gasteiger partial charge in [0.2, 0.25) is 5.91 Å². The fourth-order valence-corrected chi connectivity index (χ4v) is 4.60. The van der Waals surface area contributed by atoms with E-state index in [9.17, 15) is 14.4 Å². The molecule has 0 bridgehead atoms. The number of carbonyl (C=O) groups excluding carboxylic acids is 3. The summed E-state index contributed by atoms with van der Waals surface area (Å²) in [5.41, 5.74) is 2.37. The number of imide groups is 1. The van der Waals surface area contributed by atoms with Gasteiger partial charge in [0.1, 0.15) is 5.75 Å². The monoisotopic (exact) mass is 463 g/mol. The largest absolute Gasteiger partial charge is 0.494 e. The van der Waals surface area contributed by atoms with Crippen LogP contribution in [-0.4, -0.2) is 61.3 Å². The number of ether oxygens (including phenoxy) is 1. The summed E-state index contributed by atoms with van der Waals surface area (Å²) >= 11 is 0. The second kappa shape index (κ2) is 10.8. The lowest BCUT2D eigenvalue weighted by molar-refractivity contribution is -0.123. The van der Waals surface area contributed by atoms with Crippen LogP contribution >= 0.6 is 0 Å². The van der Waals surface area contributed by atoms with Crippen LogP contribution in [0.25, 0.3) is 0 Å². The fraction of sp³-hybridized carbons (Fsp3) is 0.444. The Morgan fingerprint density at radius 2 is 1.56 bits per heavy atom. The van der Waals surface area contributed by atoms with Gasteiger partial charge in [-0.1, -0.05) is 19.8 Å². The van der Waals surface area contributed by atoms with Crippen molar-refractivity contribution in [3.8, 4) is 5.75 Å². The zero-order valence-corrected chi connectivity index (χ0v) is 20.0. The Hall–Kier alpha value is -3.19. The fourth-order valence-electron chi connectivity index (χ4n) is 4.60. The lowest BCUT2D eigenvalue weighted by Gasteiger charge is -2.38. The van der Waals surface area contributed by atoms with Crippen molar-refractivity contribution >= 4 is 29.0 Å². The van der Waals surface area contributed by atoms with Crippen molar-refractivity contribution < 1.29 is 19.1 Å². The Morgan fingerprint density at radius 1 is 0.912 bits per heavy atom. The molecule has 0 saturated carbocycles. The van der Waals surface area contributed by atoms with E-state index in [1.807, 2.05) is 36.4 Å². The minimum atomic E-state index is -0.417. The second-order valence-electron chi connectivity index (χ2n) is 8.96. The van der Waals surface area contributed by atoms with E-state index in [2.05, 4.69) is 16.7 Å². The van der Waals surface area contributed by atoms with Gasteiger partial charge in [0.15, 0.2) is 5.78 Å². The van der Waals surface area contributed by atoms with Crippen LogP contribution < -0.4 is 14.5 Å². The van der Waals surface area contributed by atoms with Crippen LogP contribution in [0.3, 0.4) is 0 Å². The predicted octanol–water partition coefficient (Wildman–Crippen LogP) is 3.91. The summed E-state index contributed by atoms with van der Waals surface area (Å²) in [4.78, 5) is 43.1. The van der Waals surface area contributed by atoms with E-state index in [1.165, 1.54) is 4.90 Å². The molecule has 2 aliphatic heterocycles. The number of hydrogen-bond acceptors (Lipinski definition) is 6. The maximum absolute atomic E-state index is 13.2. The first-order valence-electron chi connectivity index (χ1n) is 12.2. The highest BCUT2D eigenvalue weighted by Gasteiger charge is 2.43. The van der Waals surface area contributed by atoms with Crippen LogP contribution in [0.4, 0.5) is 11.4 Å². The number of amides is 2. The number of anilines is 2. The molecule has 2 aromatic carbocycles. The summed E-state index contributed by atoms with van der Waals surface area (Å²) in [6.45, 7) is 7.33. The Labute approximate surface area is 201 Å². The highest BCUT2D eigenvalue weighted by atomic mass is 16.5. The summed E-state index contributed by atoms with van der Waals surface area (Å²) in [6.07, 6.45) is 3.50. The van der Waals surface area contributed by atoms with Crippen molar-refractivity contribution in [2.75, 3.05) is 42.6 Å². The van der Waals surface area contributed by atoms with Crippen molar-refractivity contribution in [2.24, 2.45) is 0 Å². The van der Waals surface area contributed by atoms with E-state index in [0.29, 0.717) is 30.9 Å². The normalized spacial score (nSPS) is 19.1. The molecule has 2 saturated heterocycles. The van der Waals surface area contributed by atoms with Crippen molar-refractivity contribution in [3.05, 3.63) is 54.1 Å². The molecule has 0 aliphatic carbocycles. The molecule has 2 aliphatic rings. The van der Waals surface area contributed by atoms with Crippen molar-refractivity contribution in [1.82, 2.24) is 4.90 Å². The van der Waals surface area contributed by atoms with E-state index < -0.39 is 6.04 Å². The number of carbonyl (C=O) groups is 3. The van der Waals surface area contributed by atoms with E-state index in [0.717, 1.165) is 43.8 Å². The molecule has 0 N–H and O–H groups in total. The highest BCUT2D eigenvalue weighted by molar-refractivity contribution is 6.22. The van der Waals surface area contributed by atoms with Crippen molar-refractivity contribution in [1.29, 1.82) is 0 Å². The van der Waals surface area contributed by atoms with Gasteiger partial charge in [0.05, 0.1) is 24.8 Å². The first-order valence-corrected chi connectivity index (χ1v) is 12.2. The second-order valence-corrected chi connectivity index (χ2v) is 8.96. The van der Waals surface area contributed by atoms with Gasteiger partial charge in [-0.05, 0) is 61.9 Å². The molecule has 2 amide bonds. The van der Waals surface area contributed by atoms with Gasteiger partial charge in [0, 0.05) is 37.4 Å². The number of piperazine rings is 1. The Kier molecular flexibility index (Phi) is 7.63. The third-order valence-corrected chi connectivity index (χ3v) is 6.63. The molecular weight excluding hydrogens is 430 g/mol. The molecule has 1 atom stereocenters. The van der Waals surface area contributed by atoms with E-state index in [4.69, 9.17) is 4.74 Å². The van der Waals surface area contributed by atoms with Gasteiger partial charge >= 0.3 is 0 Å². The van der Waals surface area contributed by atoms with Crippen LogP contribution in [0.2, 0.25) is 0 Å². The number of nitrogens with zero attached hydrogens (tertiary/aromatic N) is 3. The molecule has 2 fully saturated rings. The number of hydrogen-bond donors (Lipinski definition) is 0. The quantitative estimate of drug-likeness (QED) is 0.319. The molecule has 0 unspecified atom stereocenters. The molecule has 34 heavy (non-hydrogen) atoms. The average Bonchev–Trinajstić information content (AvgIpc) is 3.16. The molecule has 0 radical (unpaired) electrons. The smallest absolute Gasteiger partial charge is 0.251 e. The summed E-state index contributed by atoms with van der Waals surface area (Å²) in [7, 11) is 0. The molecule has 0 spiro atoms. The lowest BCUT2D eigenvalue weighted by Crippen LogP contribution is -2.52. The molecular formula is C27H33N3O4. The van der Waals surface area contributed by atoms with Crippen molar-refractivity contribution in [3.63, 3.8) is 0 Å². The zero-order chi connectivity index (χ0) is 24.1. The van der Waals surface area contributed by atoms with Gasteiger partial charge in [-0.25, -0.2) is 4.90 Å². The standard InChI is InChI=1S/C27H33N3O4/c1-3-4-5-18-34-24-12-10-23(11-13-24)30-26(32)19-25(27(30)33)29-16-14-28(15-17-29)22-8-6-21(7-9-22)20(2)31/h6-13,25H,3-5,14-19H2,1-2H3/t25-/m1/s1. The number of unbranched alkanes of at least 4 members (excludes halogenated alkanes) is 2. The number of Topliss-reactive ketones (excluding diaryl/α,β-unsaturated/α-hetero) is 1. The zero-order valence-electron chi connectivity index (χ0n) is 20.0. The predicted molar refractivity (Wildman–Crippen MR) is 133 cm³/mol. The van der Waals surface area contributed by atoms with Crippen molar-refractivity contribution in [2.45, 2.75) is 45.6 Å². The first kappa shape index (κ1) is 24.0. The van der Waals surface area contributed by atoms with Crippen LogP contribution in [0, 0.1) is 0 Å².